The van der Waals surface area contributed by atoms with Gasteiger partial charge in [0.25, 0.3) is 20.2 Å². The van der Waals surface area contributed by atoms with Crippen molar-refractivity contribution >= 4 is 20.2 Å². The van der Waals surface area contributed by atoms with Crippen molar-refractivity contribution in [1.82, 2.24) is 0 Å². The molecule has 2 aromatic carbocycles. The van der Waals surface area contributed by atoms with E-state index >= 15 is 0 Å². The van der Waals surface area contributed by atoms with Gasteiger partial charge in [0.15, 0.2) is 50.3 Å². The molecule has 32 rings (SSSR count). The van der Waals surface area contributed by atoms with E-state index in [2.05, 4.69) is 0 Å². The first kappa shape index (κ1) is 84.6. The molecule has 47 heteroatoms. The number of hydrogen-bond acceptors (Lipinski definition) is 44. The summed E-state index contributed by atoms with van der Waals surface area (Å²) in [4.78, 5) is -1.00. The molecule has 30 heterocycles. The summed E-state index contributed by atoms with van der Waals surface area (Å²) in [5.74, 6) is 0. The SMILES string of the molecule is O=S(=O)(O)c1ccc(-c2ccc(S(=O)(=O)OC[C@H]3O[C@@H]4O[C@H]5[C@H](O)[C@@H](O)[C@@H](O[C@H]6[C@H](O)[C@@H](O)[C@@H](O[C@H]7[C@H](O)[C@@H](O)[C@@H](O[C@H]8[C@H](O)[C@@H](O)[C@@H](O[C@H]9[C@H](O)[C@@H](O)[C@@H](O[C@H]%10[C@H](O)[C@@H](O)[C@@H](O[C@H]%11[C@H](O)[C@@H](O)[C@@H](O[C@H]3[C@H](O)[C@H]4O)O[C@@H]%11CO)O[C@@H]%10CO)O[C@@H]9CO)O[C@@H]8CO)O[C@@H]7CO)O[C@@H]6CO)O[C@@H]5CO)cc2)cc1. The van der Waals surface area contributed by atoms with Crippen molar-refractivity contribution in [1.29, 1.82) is 0 Å². The van der Waals surface area contributed by atoms with Gasteiger partial charge in [-0.25, -0.2) is 0 Å². The van der Waals surface area contributed by atoms with E-state index in [4.69, 9.17) is 80.0 Å². The molecule has 45 nitrogen and oxygen atoms in total. The van der Waals surface area contributed by atoms with Crippen LogP contribution < -0.4 is 0 Å². The van der Waals surface area contributed by atoms with Crippen LogP contribution in [0.4, 0.5) is 0 Å². The highest BCUT2D eigenvalue weighted by molar-refractivity contribution is 7.86. The third-order valence-electron chi connectivity index (χ3n) is 19.7. The normalized spacial score (nSPS) is 47.9. The van der Waals surface area contributed by atoms with Crippen LogP contribution in [0.2, 0.25) is 0 Å². The third-order valence-corrected chi connectivity index (χ3v) is 21.9. The highest BCUT2D eigenvalue weighted by atomic mass is 32.2. The smallest absolute Gasteiger partial charge is 0.297 e. The summed E-state index contributed by atoms with van der Waals surface area (Å²) < 4.78 is 158. The Morgan fingerprint density at radius 1 is 0.243 bits per heavy atom. The second-order valence-electron chi connectivity index (χ2n) is 26.5. The molecule has 0 radical (unpaired) electrons. The van der Waals surface area contributed by atoms with Crippen molar-refractivity contribution in [3.63, 3.8) is 0 Å². The van der Waals surface area contributed by atoms with Gasteiger partial charge >= 0.3 is 0 Å². The first-order valence-corrected chi connectivity index (χ1v) is 36.3. The lowest BCUT2D eigenvalue weighted by atomic mass is 9.94. The van der Waals surface area contributed by atoms with Crippen LogP contribution in [0.15, 0.2) is 58.3 Å². The molecule has 16 bridgehead atoms. The number of aliphatic hydroxyl groups is 23. The highest BCUT2D eigenvalue weighted by Crippen LogP contribution is 2.41. The van der Waals surface area contributed by atoms with Crippen LogP contribution in [0.5, 0.6) is 0 Å². The predicted octanol–water partition coefficient (Wildman–Crippen LogP) is -15.1. The average molecular weight is 1590 g/mol. The van der Waals surface area contributed by atoms with E-state index < -0.39 is 329 Å². The number of hydrogen-bond donors (Lipinski definition) is 24. The van der Waals surface area contributed by atoms with E-state index in [-0.39, 0.29) is 0 Å². The average Bonchev–Trinajstić information content (AvgIpc) is 0.772. The zero-order valence-corrected chi connectivity index (χ0v) is 57.1. The Labute approximate surface area is 605 Å². The number of rotatable bonds is 13. The molecule has 24 N–H and O–H groups in total. The Morgan fingerprint density at radius 3 is 0.589 bits per heavy atom. The van der Waals surface area contributed by atoms with Crippen molar-refractivity contribution in [2.24, 2.45) is 0 Å². The molecule has 0 spiro atoms. The highest BCUT2D eigenvalue weighted by Gasteiger charge is 2.61. The Balaban J connectivity index is 0.877. The fraction of sp³-hybridized carbons (Fsp3) is 0.800. The van der Waals surface area contributed by atoms with Gasteiger partial charge in [-0.05, 0) is 35.4 Å². The maximum atomic E-state index is 14.0. The largest absolute Gasteiger partial charge is 0.394 e. The molecule has 30 saturated heterocycles. The van der Waals surface area contributed by atoms with E-state index in [0.29, 0.717) is 11.1 Å². The van der Waals surface area contributed by atoms with E-state index in [1.54, 1.807) is 0 Å². The van der Waals surface area contributed by atoms with Crippen LogP contribution in [0.25, 0.3) is 11.1 Å². The zero-order valence-electron chi connectivity index (χ0n) is 55.5. The van der Waals surface area contributed by atoms with Crippen LogP contribution >= 0.6 is 0 Å². The fourth-order valence-corrected chi connectivity index (χ4v) is 15.1. The Morgan fingerprint density at radius 2 is 0.411 bits per heavy atom. The lowest BCUT2D eigenvalue weighted by Gasteiger charge is -2.50. The first-order chi connectivity index (χ1) is 50.7. The number of benzene rings is 2. The monoisotopic (exact) mass is 1590 g/mol. The first-order valence-electron chi connectivity index (χ1n) is 33.4. The Kier molecular flexibility index (Phi) is 27.8. The molecule has 2 aromatic rings. The molecule has 30 aliphatic rings. The van der Waals surface area contributed by atoms with Crippen LogP contribution in [0, 0.1) is 0 Å². The molecule has 30 aliphatic heterocycles. The maximum absolute atomic E-state index is 14.0. The summed E-state index contributed by atoms with van der Waals surface area (Å²) in [5.41, 5.74) is 0.669. The van der Waals surface area contributed by atoms with Crippen LogP contribution in [0.1, 0.15) is 0 Å². The molecule has 0 saturated carbocycles. The summed E-state index contributed by atoms with van der Waals surface area (Å²) in [5, 5.41) is 259. The fourth-order valence-electron chi connectivity index (χ4n) is 13.7. The molecular formula is C60H88O45S2. The van der Waals surface area contributed by atoms with Gasteiger partial charge in [0.05, 0.1) is 62.6 Å². The summed E-state index contributed by atoms with van der Waals surface area (Å²) in [6.07, 6.45) is -86.4. The van der Waals surface area contributed by atoms with Crippen molar-refractivity contribution in [2.75, 3.05) is 52.9 Å². The summed E-state index contributed by atoms with van der Waals surface area (Å²) >= 11 is 0. The minimum atomic E-state index is -4.98. The van der Waals surface area contributed by atoms with Crippen LogP contribution in [-0.4, -0.2) is 437 Å². The van der Waals surface area contributed by atoms with Gasteiger partial charge in [0, 0.05) is 0 Å². The number of ether oxygens (including phenoxy) is 16. The molecule has 0 unspecified atom stereocenters. The van der Waals surface area contributed by atoms with Gasteiger partial charge in [-0.2, -0.15) is 16.8 Å². The molecule has 0 amide bonds. The Hall–Kier alpha value is -3.30. The van der Waals surface area contributed by atoms with Gasteiger partial charge in [-0.1, -0.05) is 24.3 Å². The van der Waals surface area contributed by atoms with Gasteiger partial charge in [-0.3, -0.25) is 8.74 Å². The van der Waals surface area contributed by atoms with Crippen molar-refractivity contribution in [3.05, 3.63) is 48.5 Å². The summed E-state index contributed by atoms with van der Waals surface area (Å²) in [6.45, 7) is -9.30. The quantitative estimate of drug-likeness (QED) is 0.0654. The van der Waals surface area contributed by atoms with Crippen molar-refractivity contribution in [3.8, 4) is 11.1 Å². The van der Waals surface area contributed by atoms with Crippen molar-refractivity contribution < 1.29 is 219 Å². The molecule has 107 heavy (non-hydrogen) atoms. The molecule has 30 fully saturated rings. The summed E-state index contributed by atoms with van der Waals surface area (Å²) in [7, 11) is -9.56. The third kappa shape index (κ3) is 17.4. The second-order valence-corrected chi connectivity index (χ2v) is 29.6. The standard InChI is InChI=1S/C60H88O45S2/c61-9-21-45-29(68)37(76)53(90-21)99-46-22(10-62)92-55(39(78)31(46)70)101-48-24(12-64)94-57(41(80)33(48)72)103-50-26(14-66)96-59(43(82)35(50)74)105-52-28(16-89-107(87,88)20-7-3-18(4-8-20)17-1-5-19(6-2-17)106(84,85)86)97-60(44(83)36(52)75)104-51-27(15-67)95-58(42(81)34(51)73)102-49-25(13-65)93-56(40(79)32(49)71)100-47-23(11-63)91-54(98-45)38(77)30(47)69/h1-8,21-83H,9-16H2,(H,84,85,86)/t21-,22-,23-,24-,25-,26-,27-,28-,29-,30-,31-,32-,33-,34-,35-,36-,37-,38-,39-,40-,41-,42-,43-,44-,45-,46-,47-,48-,49-,50-,51-,52-,53-,54-,55-,56-,57-,58-,59-,60-/m1/s1. The van der Waals surface area contributed by atoms with Crippen LogP contribution in [-0.2, 0) is 100 Å². The van der Waals surface area contributed by atoms with Crippen LogP contribution in [0.3, 0.4) is 0 Å². The predicted molar refractivity (Wildman–Crippen MR) is 329 cm³/mol. The molecule has 0 aliphatic carbocycles. The molecule has 610 valence electrons. The lowest BCUT2D eigenvalue weighted by Crippen LogP contribution is -2.69. The van der Waals surface area contributed by atoms with Gasteiger partial charge in [-0.15, -0.1) is 0 Å². The van der Waals surface area contributed by atoms with Gasteiger partial charge < -0.3 is 193 Å². The van der Waals surface area contributed by atoms with E-state index in [1.807, 2.05) is 0 Å². The maximum Gasteiger partial charge on any atom is 0.297 e. The van der Waals surface area contributed by atoms with E-state index in [0.717, 1.165) is 24.3 Å². The van der Waals surface area contributed by atoms with Gasteiger partial charge in [0.1, 0.15) is 195 Å². The van der Waals surface area contributed by atoms with Crippen molar-refractivity contribution in [2.45, 2.75) is 255 Å². The topological polar surface area (TPSA) is 711 Å². The molecular weight excluding hydrogens is 1500 g/mol. The van der Waals surface area contributed by atoms with E-state index in [9.17, 15) is 139 Å². The lowest BCUT2D eigenvalue weighted by molar-refractivity contribution is -0.404. The minimum Gasteiger partial charge on any atom is -0.394 e. The Bertz CT molecular complexity index is 3380. The van der Waals surface area contributed by atoms with E-state index in [1.165, 1.54) is 24.3 Å². The zero-order chi connectivity index (χ0) is 77.7. The second kappa shape index (κ2) is 35.2. The molecule has 40 atom stereocenters. The summed E-state index contributed by atoms with van der Waals surface area (Å²) in [6, 6.07) is 9.41. The minimum absolute atomic E-state index is 0.321. The number of aliphatic hydroxyl groups excluding tert-OH is 23. The van der Waals surface area contributed by atoms with Gasteiger partial charge in [0.2, 0.25) is 0 Å². The molecule has 0 aromatic heterocycles.